The molecule has 5 rings (SSSR count). The minimum Gasteiger partial charge on any atom is -0.491 e. The van der Waals surface area contributed by atoms with Crippen molar-refractivity contribution in [3.8, 4) is 5.75 Å². The highest BCUT2D eigenvalue weighted by atomic mass is 16.5. The Morgan fingerprint density at radius 2 is 1.92 bits per heavy atom. The van der Waals surface area contributed by atoms with Gasteiger partial charge < -0.3 is 19.9 Å². The number of hydrogen-bond acceptors (Lipinski definition) is 8. The number of benzene rings is 1. The van der Waals surface area contributed by atoms with Gasteiger partial charge in [0.25, 0.3) is 0 Å². The van der Waals surface area contributed by atoms with Gasteiger partial charge in [0.05, 0.1) is 19.0 Å². The minimum absolute atomic E-state index is 0.337. The van der Waals surface area contributed by atoms with Gasteiger partial charge in [0.1, 0.15) is 6.33 Å². The Kier molecular flexibility index (Phi) is 7.50. The molecule has 1 fully saturated rings. The molecule has 194 valence electrons. The number of methoxy groups -OCH3 is 1. The van der Waals surface area contributed by atoms with Crippen LogP contribution >= 0.6 is 0 Å². The van der Waals surface area contributed by atoms with Gasteiger partial charge in [-0.25, -0.2) is 9.97 Å². The van der Waals surface area contributed by atoms with Crippen LogP contribution in [0.2, 0.25) is 0 Å². The van der Waals surface area contributed by atoms with E-state index in [1.54, 1.807) is 19.6 Å². The van der Waals surface area contributed by atoms with Crippen LogP contribution in [0.15, 0.2) is 46.5 Å². The first-order valence-electron chi connectivity index (χ1n) is 13.1. The molecule has 1 aliphatic heterocycles. The molecular formula is C28H34N6O3. The quantitative estimate of drug-likeness (QED) is 0.301. The fourth-order valence-electron chi connectivity index (χ4n) is 5.14. The van der Waals surface area contributed by atoms with Gasteiger partial charge in [-0.05, 0) is 56.0 Å². The van der Waals surface area contributed by atoms with Crippen molar-refractivity contribution in [3.05, 3.63) is 68.5 Å². The third kappa shape index (κ3) is 5.22. The molecule has 0 aliphatic carbocycles. The van der Waals surface area contributed by atoms with Gasteiger partial charge >= 0.3 is 0 Å². The Labute approximate surface area is 216 Å². The molecule has 2 aromatic heterocycles. The van der Waals surface area contributed by atoms with Crippen molar-refractivity contribution < 1.29 is 4.74 Å². The second kappa shape index (κ2) is 11.1. The first kappa shape index (κ1) is 25.0. The summed E-state index contributed by atoms with van der Waals surface area (Å²) >= 11 is 0. The number of nitrogens with zero attached hydrogens (tertiary/aromatic N) is 4. The fourth-order valence-corrected chi connectivity index (χ4v) is 5.14. The van der Waals surface area contributed by atoms with Gasteiger partial charge in [-0.2, -0.15) is 0 Å². The van der Waals surface area contributed by atoms with Crippen molar-refractivity contribution in [2.24, 2.45) is 0 Å². The Morgan fingerprint density at radius 1 is 1.08 bits per heavy atom. The molecule has 3 heterocycles. The predicted molar refractivity (Wildman–Crippen MR) is 147 cm³/mol. The molecule has 0 bridgehead atoms. The summed E-state index contributed by atoms with van der Waals surface area (Å²) in [5.74, 6) is 1.58. The Balaban J connectivity index is 1.17. The number of piperazine rings is 1. The molecule has 9 nitrogen and oxygen atoms in total. The van der Waals surface area contributed by atoms with Crippen molar-refractivity contribution in [2.45, 2.75) is 39.0 Å². The van der Waals surface area contributed by atoms with E-state index in [4.69, 9.17) is 4.74 Å². The SMILES string of the molecule is CCCCc1c(Nc2ccc3[nH]cc(CCCN4CCN(c5ncncc5OC)CC4)c3c2)c(=O)c1=O. The lowest BCUT2D eigenvalue weighted by atomic mass is 10.0. The average Bonchev–Trinajstić information content (AvgIpc) is 3.34. The number of rotatable bonds is 11. The lowest BCUT2D eigenvalue weighted by molar-refractivity contribution is 0.253. The van der Waals surface area contributed by atoms with E-state index in [1.165, 1.54) is 5.56 Å². The van der Waals surface area contributed by atoms with Gasteiger partial charge in [0.15, 0.2) is 11.6 Å². The van der Waals surface area contributed by atoms with Crippen LogP contribution in [0, 0.1) is 0 Å². The van der Waals surface area contributed by atoms with E-state index in [1.807, 2.05) is 12.1 Å². The summed E-state index contributed by atoms with van der Waals surface area (Å²) in [6.45, 7) is 6.90. The lowest BCUT2D eigenvalue weighted by Gasteiger charge is -2.35. The van der Waals surface area contributed by atoms with Gasteiger partial charge in [-0.3, -0.25) is 14.5 Å². The van der Waals surface area contributed by atoms with Crippen LogP contribution < -0.4 is 25.8 Å². The second-order valence-electron chi connectivity index (χ2n) is 9.66. The van der Waals surface area contributed by atoms with Crippen LogP contribution in [-0.4, -0.2) is 59.7 Å². The molecule has 0 unspecified atom stereocenters. The number of H-pyrrole nitrogens is 1. The highest BCUT2D eigenvalue weighted by Gasteiger charge is 2.22. The van der Waals surface area contributed by atoms with Crippen molar-refractivity contribution >= 4 is 28.1 Å². The molecule has 37 heavy (non-hydrogen) atoms. The number of aromatic amines is 1. The molecule has 4 aromatic rings. The zero-order chi connectivity index (χ0) is 25.8. The summed E-state index contributed by atoms with van der Waals surface area (Å²) < 4.78 is 5.41. The van der Waals surface area contributed by atoms with Gasteiger partial charge in [-0.15, -0.1) is 0 Å². The molecule has 0 atom stereocenters. The predicted octanol–water partition coefficient (Wildman–Crippen LogP) is 3.40. The molecule has 2 N–H and O–H groups in total. The zero-order valence-corrected chi connectivity index (χ0v) is 21.5. The summed E-state index contributed by atoms with van der Waals surface area (Å²) in [4.78, 5) is 40.7. The monoisotopic (exact) mass is 502 g/mol. The molecule has 9 heteroatoms. The van der Waals surface area contributed by atoms with Crippen molar-refractivity contribution in [1.29, 1.82) is 0 Å². The zero-order valence-electron chi connectivity index (χ0n) is 21.5. The lowest BCUT2D eigenvalue weighted by Crippen LogP contribution is -2.47. The molecule has 0 saturated carbocycles. The largest absolute Gasteiger partial charge is 0.491 e. The molecule has 2 aromatic carbocycles. The first-order chi connectivity index (χ1) is 18.1. The Bertz CT molecular complexity index is 1430. The van der Waals surface area contributed by atoms with Crippen molar-refractivity contribution in [3.63, 3.8) is 0 Å². The molecule has 1 saturated heterocycles. The standard InChI is InChI=1S/C28H34N6O3/c1-3-4-7-21-25(27(36)26(21)35)32-20-8-9-23-22(15-20)19(16-30-23)6-5-10-33-11-13-34(14-12-33)28-24(37-2)17-29-18-31-28/h8-9,15-18,30,32H,3-7,10-14H2,1-2H3. The number of ether oxygens (including phenoxy) is 1. The average molecular weight is 503 g/mol. The van der Waals surface area contributed by atoms with Crippen LogP contribution in [0.3, 0.4) is 0 Å². The number of unbranched alkanes of at least 4 members (excludes halogenated alkanes) is 1. The number of aryl methyl sites for hydroxylation is 1. The molecule has 0 spiro atoms. The van der Waals surface area contributed by atoms with E-state index in [9.17, 15) is 9.59 Å². The normalized spacial score (nSPS) is 14.5. The first-order valence-corrected chi connectivity index (χ1v) is 13.1. The van der Waals surface area contributed by atoms with E-state index in [0.29, 0.717) is 23.4 Å². The van der Waals surface area contributed by atoms with Crippen molar-refractivity contribution in [1.82, 2.24) is 19.9 Å². The van der Waals surface area contributed by atoms with Crippen LogP contribution in [0.1, 0.15) is 37.3 Å². The Hall–Kier alpha value is -3.72. The maximum atomic E-state index is 12.1. The molecule has 0 radical (unpaired) electrons. The summed E-state index contributed by atoms with van der Waals surface area (Å²) in [6.07, 6.45) is 9.93. The third-order valence-electron chi connectivity index (χ3n) is 7.30. The number of anilines is 3. The molecular weight excluding hydrogens is 468 g/mol. The molecule has 1 aliphatic rings. The molecule has 0 amide bonds. The topological polar surface area (TPSA) is 103 Å². The number of hydrogen-bond donors (Lipinski definition) is 2. The number of nitrogens with one attached hydrogen (secondary N) is 2. The van der Waals surface area contributed by atoms with Gasteiger partial charge in [0.2, 0.25) is 10.9 Å². The smallest absolute Gasteiger partial charge is 0.249 e. The van der Waals surface area contributed by atoms with E-state index in [-0.39, 0.29) is 5.43 Å². The maximum Gasteiger partial charge on any atom is 0.249 e. The van der Waals surface area contributed by atoms with E-state index >= 15 is 0 Å². The van der Waals surface area contributed by atoms with Crippen LogP contribution in [0.5, 0.6) is 5.75 Å². The maximum absolute atomic E-state index is 12.1. The van der Waals surface area contributed by atoms with Crippen LogP contribution in [-0.2, 0) is 12.8 Å². The van der Waals surface area contributed by atoms with E-state index in [0.717, 1.165) is 80.8 Å². The van der Waals surface area contributed by atoms with Crippen LogP contribution in [0.4, 0.5) is 17.2 Å². The van der Waals surface area contributed by atoms with Gasteiger partial charge in [-0.1, -0.05) is 13.3 Å². The summed E-state index contributed by atoms with van der Waals surface area (Å²) in [7, 11) is 1.65. The summed E-state index contributed by atoms with van der Waals surface area (Å²) in [5.41, 5.74) is 3.54. The highest BCUT2D eigenvalue weighted by molar-refractivity contribution is 5.87. The van der Waals surface area contributed by atoms with Crippen LogP contribution in [0.25, 0.3) is 10.9 Å². The minimum atomic E-state index is -0.404. The second-order valence-corrected chi connectivity index (χ2v) is 9.66. The number of fused-ring (bicyclic) bond motifs is 1. The van der Waals surface area contributed by atoms with E-state index in [2.05, 4.69) is 49.3 Å². The van der Waals surface area contributed by atoms with E-state index < -0.39 is 5.43 Å². The van der Waals surface area contributed by atoms with Gasteiger partial charge in [0, 0.05) is 54.5 Å². The Morgan fingerprint density at radius 3 is 2.70 bits per heavy atom. The fraction of sp³-hybridized carbons (Fsp3) is 0.429. The summed E-state index contributed by atoms with van der Waals surface area (Å²) in [5, 5.41) is 4.38. The number of aromatic nitrogens is 3. The van der Waals surface area contributed by atoms with Crippen molar-refractivity contribution in [2.75, 3.05) is 50.1 Å². The highest BCUT2D eigenvalue weighted by Crippen LogP contribution is 2.27. The summed E-state index contributed by atoms with van der Waals surface area (Å²) in [6, 6.07) is 6.06. The third-order valence-corrected chi connectivity index (χ3v) is 7.30.